The molecule has 0 aliphatic heterocycles. The molecule has 3 heteroatoms. The molecule has 0 N–H and O–H groups in total. The fraction of sp³-hybridized carbons (Fsp3) is 0.556. The SMILES string of the molecule is CCOC(CI)O[C@@H]1C=C(C)CC[C@@H]1Cc1ccccc1. The summed E-state index contributed by atoms with van der Waals surface area (Å²) in [5.41, 5.74) is 2.83. The second-order valence-corrected chi connectivity index (χ2v) is 6.52. The van der Waals surface area contributed by atoms with Crippen molar-refractivity contribution < 1.29 is 9.47 Å². The quantitative estimate of drug-likeness (QED) is 0.284. The van der Waals surface area contributed by atoms with Gasteiger partial charge in [0.25, 0.3) is 0 Å². The minimum atomic E-state index is -0.0963. The number of rotatable bonds is 7. The lowest BCUT2D eigenvalue weighted by Gasteiger charge is -2.32. The van der Waals surface area contributed by atoms with E-state index < -0.39 is 0 Å². The zero-order chi connectivity index (χ0) is 15.1. The predicted octanol–water partition coefficient (Wildman–Crippen LogP) is 4.77. The third-order valence-electron chi connectivity index (χ3n) is 3.95. The minimum absolute atomic E-state index is 0.0963. The van der Waals surface area contributed by atoms with Gasteiger partial charge in [-0.05, 0) is 44.6 Å². The number of halogens is 1. The topological polar surface area (TPSA) is 18.5 Å². The largest absolute Gasteiger partial charge is 0.352 e. The molecule has 1 aromatic carbocycles. The Bertz CT molecular complexity index is 444. The molecule has 3 atom stereocenters. The van der Waals surface area contributed by atoms with E-state index in [1.165, 1.54) is 24.0 Å². The lowest BCUT2D eigenvalue weighted by molar-refractivity contribution is -0.154. The summed E-state index contributed by atoms with van der Waals surface area (Å²) >= 11 is 2.33. The van der Waals surface area contributed by atoms with Crippen molar-refractivity contribution in [3.8, 4) is 0 Å². The van der Waals surface area contributed by atoms with Gasteiger partial charge in [-0.15, -0.1) is 0 Å². The van der Waals surface area contributed by atoms with Crippen molar-refractivity contribution in [1.29, 1.82) is 0 Å². The van der Waals surface area contributed by atoms with Crippen LogP contribution in [0.5, 0.6) is 0 Å². The lowest BCUT2D eigenvalue weighted by Crippen LogP contribution is -2.33. The molecular formula is C18H25IO2. The molecule has 0 aromatic heterocycles. The second-order valence-electron chi connectivity index (χ2n) is 5.64. The first kappa shape index (κ1) is 17.0. The number of hydrogen-bond donors (Lipinski definition) is 0. The summed E-state index contributed by atoms with van der Waals surface area (Å²) < 4.78 is 12.8. The number of benzene rings is 1. The summed E-state index contributed by atoms with van der Waals surface area (Å²) in [6.07, 6.45) is 5.83. The van der Waals surface area contributed by atoms with Gasteiger partial charge in [-0.1, -0.05) is 64.6 Å². The van der Waals surface area contributed by atoms with Crippen LogP contribution in [0.15, 0.2) is 42.0 Å². The van der Waals surface area contributed by atoms with Crippen LogP contribution in [-0.2, 0) is 15.9 Å². The van der Waals surface area contributed by atoms with Crippen LogP contribution in [0.3, 0.4) is 0 Å². The number of allylic oxidation sites excluding steroid dienone is 1. The Kier molecular flexibility index (Phi) is 7.20. The number of ether oxygens (including phenoxy) is 2. The van der Waals surface area contributed by atoms with Crippen molar-refractivity contribution in [1.82, 2.24) is 0 Å². The van der Waals surface area contributed by atoms with Gasteiger partial charge in [-0.3, -0.25) is 0 Å². The summed E-state index contributed by atoms with van der Waals surface area (Å²) in [6, 6.07) is 10.7. The minimum Gasteiger partial charge on any atom is -0.352 e. The molecular weight excluding hydrogens is 375 g/mol. The summed E-state index contributed by atoms with van der Waals surface area (Å²) in [7, 11) is 0. The van der Waals surface area contributed by atoms with E-state index in [0.717, 1.165) is 10.8 Å². The van der Waals surface area contributed by atoms with E-state index >= 15 is 0 Å². The van der Waals surface area contributed by atoms with Crippen LogP contribution in [0.4, 0.5) is 0 Å². The molecule has 1 aliphatic rings. The van der Waals surface area contributed by atoms with Gasteiger partial charge in [-0.2, -0.15) is 0 Å². The molecule has 0 amide bonds. The molecule has 0 spiro atoms. The van der Waals surface area contributed by atoms with Crippen LogP contribution < -0.4 is 0 Å². The van der Waals surface area contributed by atoms with E-state index in [9.17, 15) is 0 Å². The van der Waals surface area contributed by atoms with E-state index in [-0.39, 0.29) is 12.4 Å². The smallest absolute Gasteiger partial charge is 0.167 e. The van der Waals surface area contributed by atoms with Crippen molar-refractivity contribution in [3.63, 3.8) is 0 Å². The maximum absolute atomic E-state index is 6.23. The van der Waals surface area contributed by atoms with Gasteiger partial charge in [0.05, 0.1) is 10.5 Å². The maximum atomic E-state index is 6.23. The van der Waals surface area contributed by atoms with Crippen LogP contribution in [-0.4, -0.2) is 23.4 Å². The molecule has 0 fully saturated rings. The fourth-order valence-electron chi connectivity index (χ4n) is 2.84. The van der Waals surface area contributed by atoms with Gasteiger partial charge >= 0.3 is 0 Å². The molecule has 1 aliphatic carbocycles. The highest BCUT2D eigenvalue weighted by Crippen LogP contribution is 2.30. The van der Waals surface area contributed by atoms with Crippen molar-refractivity contribution in [3.05, 3.63) is 47.5 Å². The Hall–Kier alpha value is -0.390. The van der Waals surface area contributed by atoms with Crippen LogP contribution in [0.1, 0.15) is 32.3 Å². The molecule has 116 valence electrons. The van der Waals surface area contributed by atoms with Crippen LogP contribution in [0.2, 0.25) is 0 Å². The molecule has 0 radical (unpaired) electrons. The van der Waals surface area contributed by atoms with E-state index in [1.54, 1.807) is 0 Å². The Morgan fingerprint density at radius 3 is 2.71 bits per heavy atom. The zero-order valence-electron chi connectivity index (χ0n) is 12.9. The van der Waals surface area contributed by atoms with E-state index in [2.05, 4.69) is 65.9 Å². The average molecular weight is 400 g/mol. The van der Waals surface area contributed by atoms with Gasteiger partial charge in [0.2, 0.25) is 0 Å². The molecule has 2 nitrogen and oxygen atoms in total. The lowest BCUT2D eigenvalue weighted by atomic mass is 9.83. The summed E-state index contributed by atoms with van der Waals surface area (Å²) in [4.78, 5) is 0. The highest BCUT2D eigenvalue weighted by atomic mass is 127. The van der Waals surface area contributed by atoms with E-state index in [0.29, 0.717) is 12.5 Å². The van der Waals surface area contributed by atoms with Gasteiger partial charge in [0.1, 0.15) is 0 Å². The van der Waals surface area contributed by atoms with Crippen molar-refractivity contribution in [2.24, 2.45) is 5.92 Å². The molecule has 1 unspecified atom stereocenters. The molecule has 0 bridgehead atoms. The molecule has 0 heterocycles. The van der Waals surface area contributed by atoms with Crippen molar-refractivity contribution >= 4 is 22.6 Å². The molecule has 0 saturated heterocycles. The first-order chi connectivity index (χ1) is 10.2. The Morgan fingerprint density at radius 1 is 1.29 bits per heavy atom. The Balaban J connectivity index is 2.04. The maximum Gasteiger partial charge on any atom is 0.167 e. The van der Waals surface area contributed by atoms with Gasteiger partial charge in [0, 0.05) is 6.61 Å². The molecule has 0 saturated carbocycles. The first-order valence-corrected chi connectivity index (χ1v) is 9.29. The molecule has 1 aromatic rings. The predicted molar refractivity (Wildman–Crippen MR) is 95.8 cm³/mol. The first-order valence-electron chi connectivity index (χ1n) is 7.77. The van der Waals surface area contributed by atoms with Crippen molar-refractivity contribution in [2.75, 3.05) is 11.0 Å². The number of alkyl halides is 1. The molecule has 21 heavy (non-hydrogen) atoms. The molecule has 2 rings (SSSR count). The Morgan fingerprint density at radius 2 is 2.05 bits per heavy atom. The zero-order valence-corrected chi connectivity index (χ0v) is 15.1. The van der Waals surface area contributed by atoms with E-state index in [4.69, 9.17) is 9.47 Å². The highest BCUT2D eigenvalue weighted by molar-refractivity contribution is 14.1. The third-order valence-corrected chi connectivity index (χ3v) is 4.67. The van der Waals surface area contributed by atoms with Crippen LogP contribution in [0, 0.1) is 5.92 Å². The van der Waals surface area contributed by atoms with Crippen LogP contribution >= 0.6 is 22.6 Å². The third kappa shape index (κ3) is 5.38. The van der Waals surface area contributed by atoms with Gasteiger partial charge in [-0.25, -0.2) is 0 Å². The van der Waals surface area contributed by atoms with Gasteiger partial charge in [0.15, 0.2) is 6.29 Å². The van der Waals surface area contributed by atoms with Gasteiger partial charge < -0.3 is 9.47 Å². The normalized spacial score (nSPS) is 23.7. The summed E-state index contributed by atoms with van der Waals surface area (Å²) in [5, 5.41) is 0. The standard InChI is InChI=1S/C18H25IO2/c1-3-20-18(13-19)21-17-11-14(2)9-10-16(17)12-15-7-5-4-6-8-15/h4-8,11,16-18H,3,9-10,12-13H2,1-2H3/t16-,17-,18?/m1/s1. The average Bonchev–Trinajstić information content (AvgIpc) is 2.50. The van der Waals surface area contributed by atoms with E-state index in [1.807, 2.05) is 6.92 Å². The number of hydrogen-bond acceptors (Lipinski definition) is 2. The Labute approximate surface area is 142 Å². The highest BCUT2D eigenvalue weighted by Gasteiger charge is 2.27. The second kappa shape index (κ2) is 8.91. The monoisotopic (exact) mass is 400 g/mol. The summed E-state index contributed by atoms with van der Waals surface area (Å²) in [6.45, 7) is 4.92. The summed E-state index contributed by atoms with van der Waals surface area (Å²) in [5.74, 6) is 0.544. The van der Waals surface area contributed by atoms with Crippen molar-refractivity contribution in [2.45, 2.75) is 45.5 Å². The van der Waals surface area contributed by atoms with Crippen LogP contribution in [0.25, 0.3) is 0 Å². The fourth-order valence-corrected chi connectivity index (χ4v) is 3.31.